The molecule has 0 aromatic heterocycles. The quantitative estimate of drug-likeness (QED) is 0.704. The van der Waals surface area contributed by atoms with Crippen LogP contribution >= 0.6 is 0 Å². The van der Waals surface area contributed by atoms with E-state index in [1.165, 1.54) is 0 Å². The Labute approximate surface area is 103 Å². The molecule has 0 rings (SSSR count). The molecule has 0 saturated heterocycles. The van der Waals surface area contributed by atoms with Crippen molar-refractivity contribution >= 4 is 11.9 Å². The average molecular weight is 245 g/mol. The Balaban J connectivity index is 4.12. The third-order valence-corrected chi connectivity index (χ3v) is 2.27. The highest BCUT2D eigenvalue weighted by Crippen LogP contribution is 2.04. The zero-order valence-electron chi connectivity index (χ0n) is 11.1. The molecule has 0 saturated carbocycles. The molecule has 1 amide bonds. The van der Waals surface area contributed by atoms with Crippen LogP contribution in [0.15, 0.2) is 0 Å². The van der Waals surface area contributed by atoms with Gasteiger partial charge in [-0.1, -0.05) is 0 Å². The first-order chi connectivity index (χ1) is 7.84. The fourth-order valence-corrected chi connectivity index (χ4v) is 1.39. The summed E-state index contributed by atoms with van der Waals surface area (Å²) < 4.78 is 5.25. The van der Waals surface area contributed by atoms with Gasteiger partial charge in [-0.15, -0.1) is 0 Å². The number of carbonyl (C=O) groups is 2. The van der Waals surface area contributed by atoms with Crippen molar-refractivity contribution in [2.24, 2.45) is 0 Å². The van der Waals surface area contributed by atoms with E-state index in [4.69, 9.17) is 9.84 Å². The van der Waals surface area contributed by atoms with Crippen LogP contribution in [-0.4, -0.2) is 47.2 Å². The summed E-state index contributed by atoms with van der Waals surface area (Å²) in [4.78, 5) is 23.9. The lowest BCUT2D eigenvalue weighted by Gasteiger charge is -2.26. The van der Waals surface area contributed by atoms with Gasteiger partial charge >= 0.3 is 5.97 Å². The molecule has 0 radical (unpaired) electrons. The third kappa shape index (κ3) is 7.74. The zero-order valence-corrected chi connectivity index (χ0v) is 11.1. The smallest absolute Gasteiger partial charge is 0.303 e. The van der Waals surface area contributed by atoms with E-state index in [-0.39, 0.29) is 31.1 Å². The van der Waals surface area contributed by atoms with Gasteiger partial charge in [0.1, 0.15) is 6.61 Å². The molecule has 0 aromatic carbocycles. The van der Waals surface area contributed by atoms with Crippen LogP contribution in [0.5, 0.6) is 0 Å². The number of hydrogen-bond acceptors (Lipinski definition) is 3. The van der Waals surface area contributed by atoms with Crippen LogP contribution in [0.25, 0.3) is 0 Å². The maximum Gasteiger partial charge on any atom is 0.303 e. The highest BCUT2D eigenvalue weighted by atomic mass is 16.5. The van der Waals surface area contributed by atoms with Gasteiger partial charge in [0.05, 0.1) is 6.10 Å². The van der Waals surface area contributed by atoms with Crippen molar-refractivity contribution in [2.75, 3.05) is 13.2 Å². The number of aliphatic carboxylic acids is 1. The van der Waals surface area contributed by atoms with Crippen LogP contribution in [0.2, 0.25) is 0 Å². The van der Waals surface area contributed by atoms with Crippen LogP contribution in [0, 0.1) is 0 Å². The van der Waals surface area contributed by atoms with Gasteiger partial charge in [0.2, 0.25) is 5.91 Å². The molecule has 0 aromatic rings. The molecular weight excluding hydrogens is 222 g/mol. The van der Waals surface area contributed by atoms with E-state index in [0.717, 1.165) is 0 Å². The molecule has 0 fully saturated rings. The summed E-state index contributed by atoms with van der Waals surface area (Å²) in [6, 6.07) is 0.0621. The summed E-state index contributed by atoms with van der Waals surface area (Å²) in [6.45, 7) is 8.09. The molecule has 0 aliphatic rings. The van der Waals surface area contributed by atoms with Crippen molar-refractivity contribution in [1.29, 1.82) is 0 Å². The lowest BCUT2D eigenvalue weighted by Crippen LogP contribution is -2.40. The number of carboxylic acids is 1. The molecule has 5 heteroatoms. The number of hydrogen-bond donors (Lipinski definition) is 1. The molecule has 0 bridgehead atoms. The minimum Gasteiger partial charge on any atom is -0.481 e. The number of rotatable bonds is 8. The predicted molar refractivity (Wildman–Crippen MR) is 64.8 cm³/mol. The molecule has 0 heterocycles. The maximum atomic E-state index is 11.8. The fourth-order valence-electron chi connectivity index (χ4n) is 1.39. The van der Waals surface area contributed by atoms with Crippen molar-refractivity contribution in [1.82, 2.24) is 4.90 Å². The maximum absolute atomic E-state index is 11.8. The molecule has 5 nitrogen and oxygen atoms in total. The van der Waals surface area contributed by atoms with Gasteiger partial charge in [-0.3, -0.25) is 9.59 Å². The highest BCUT2D eigenvalue weighted by molar-refractivity contribution is 5.77. The van der Waals surface area contributed by atoms with E-state index in [2.05, 4.69) is 0 Å². The van der Waals surface area contributed by atoms with E-state index in [1.807, 2.05) is 27.7 Å². The first-order valence-corrected chi connectivity index (χ1v) is 5.97. The first kappa shape index (κ1) is 15.9. The number of amides is 1. The second-order valence-electron chi connectivity index (χ2n) is 4.54. The van der Waals surface area contributed by atoms with Gasteiger partial charge in [-0.05, 0) is 34.1 Å². The fraction of sp³-hybridized carbons (Fsp3) is 0.833. The number of carboxylic acid groups (broad SMARTS) is 1. The molecule has 0 unspecified atom stereocenters. The number of carbonyl (C=O) groups excluding carboxylic acids is 1. The Morgan fingerprint density at radius 1 is 1.24 bits per heavy atom. The van der Waals surface area contributed by atoms with Gasteiger partial charge in [-0.25, -0.2) is 0 Å². The summed E-state index contributed by atoms with van der Waals surface area (Å²) in [6.07, 6.45) is 0.578. The van der Waals surface area contributed by atoms with Crippen molar-refractivity contribution in [3.8, 4) is 0 Å². The summed E-state index contributed by atoms with van der Waals surface area (Å²) in [5, 5.41) is 8.55. The molecule has 100 valence electrons. The topological polar surface area (TPSA) is 66.8 Å². The summed E-state index contributed by atoms with van der Waals surface area (Å²) in [7, 11) is 0. The highest BCUT2D eigenvalue weighted by Gasteiger charge is 2.17. The van der Waals surface area contributed by atoms with Crippen molar-refractivity contribution in [3.05, 3.63) is 0 Å². The van der Waals surface area contributed by atoms with Crippen LogP contribution in [-0.2, 0) is 14.3 Å². The minimum atomic E-state index is -0.834. The van der Waals surface area contributed by atoms with Crippen molar-refractivity contribution in [2.45, 2.75) is 52.7 Å². The number of ether oxygens (including phenoxy) is 1. The molecule has 0 atom stereocenters. The zero-order chi connectivity index (χ0) is 13.4. The summed E-state index contributed by atoms with van der Waals surface area (Å²) in [5.74, 6) is -0.918. The Kier molecular flexibility index (Phi) is 7.54. The third-order valence-electron chi connectivity index (χ3n) is 2.27. The van der Waals surface area contributed by atoms with Gasteiger partial charge < -0.3 is 14.7 Å². The van der Waals surface area contributed by atoms with E-state index >= 15 is 0 Å². The van der Waals surface area contributed by atoms with Gasteiger partial charge in [0.15, 0.2) is 0 Å². The molecule has 0 aliphatic carbocycles. The standard InChI is InChI=1S/C12H23NO4/c1-9(2)13(7-5-6-12(15)16)11(14)8-17-10(3)4/h9-10H,5-8H2,1-4H3,(H,15,16). The molecule has 0 spiro atoms. The second kappa shape index (κ2) is 8.06. The molecule has 17 heavy (non-hydrogen) atoms. The van der Waals surface area contributed by atoms with E-state index in [9.17, 15) is 9.59 Å². The largest absolute Gasteiger partial charge is 0.481 e. The summed E-state index contributed by atoms with van der Waals surface area (Å²) >= 11 is 0. The van der Waals surface area contributed by atoms with Gasteiger partial charge in [0, 0.05) is 19.0 Å². The Hall–Kier alpha value is -1.10. The van der Waals surface area contributed by atoms with E-state index < -0.39 is 5.97 Å². The lowest BCUT2D eigenvalue weighted by atomic mass is 10.2. The average Bonchev–Trinajstić information content (AvgIpc) is 2.20. The molecular formula is C12H23NO4. The Morgan fingerprint density at radius 2 is 1.82 bits per heavy atom. The van der Waals surface area contributed by atoms with Crippen LogP contribution < -0.4 is 0 Å². The Bertz CT molecular complexity index is 251. The first-order valence-electron chi connectivity index (χ1n) is 5.97. The van der Waals surface area contributed by atoms with E-state index in [1.54, 1.807) is 4.90 Å². The SMILES string of the molecule is CC(C)OCC(=O)N(CCCC(=O)O)C(C)C. The van der Waals surface area contributed by atoms with Gasteiger partial charge in [0.25, 0.3) is 0 Å². The monoisotopic (exact) mass is 245 g/mol. The van der Waals surface area contributed by atoms with Crippen LogP contribution in [0.3, 0.4) is 0 Å². The van der Waals surface area contributed by atoms with Crippen LogP contribution in [0.4, 0.5) is 0 Å². The Morgan fingerprint density at radius 3 is 2.24 bits per heavy atom. The van der Waals surface area contributed by atoms with Crippen molar-refractivity contribution in [3.63, 3.8) is 0 Å². The van der Waals surface area contributed by atoms with Crippen LogP contribution in [0.1, 0.15) is 40.5 Å². The molecule has 0 aliphatic heterocycles. The minimum absolute atomic E-state index is 0.0204. The van der Waals surface area contributed by atoms with Gasteiger partial charge in [-0.2, -0.15) is 0 Å². The normalized spacial score (nSPS) is 10.9. The lowest BCUT2D eigenvalue weighted by molar-refractivity contribution is -0.141. The molecule has 1 N–H and O–H groups in total. The van der Waals surface area contributed by atoms with E-state index in [0.29, 0.717) is 13.0 Å². The van der Waals surface area contributed by atoms with Crippen molar-refractivity contribution < 1.29 is 19.4 Å². The number of nitrogens with zero attached hydrogens (tertiary/aromatic N) is 1. The second-order valence-corrected chi connectivity index (χ2v) is 4.54. The predicted octanol–water partition coefficient (Wildman–Crippen LogP) is 1.51. The summed E-state index contributed by atoms with van der Waals surface area (Å²) in [5.41, 5.74) is 0.